The number of hydrogen-bond donors (Lipinski definition) is 1. The highest BCUT2D eigenvalue weighted by Crippen LogP contribution is 2.15. The summed E-state index contributed by atoms with van der Waals surface area (Å²) in [7, 11) is 0. The largest absolute Gasteiger partial charge is 0.272 e. The van der Waals surface area contributed by atoms with Gasteiger partial charge in [-0.15, -0.1) is 0 Å². The van der Waals surface area contributed by atoms with Gasteiger partial charge in [-0.25, -0.2) is 5.43 Å². The molecule has 0 aromatic heterocycles. The van der Waals surface area contributed by atoms with Crippen LogP contribution in [-0.2, 0) is 0 Å². The van der Waals surface area contributed by atoms with Gasteiger partial charge in [0, 0.05) is 16.6 Å². The van der Waals surface area contributed by atoms with Crippen LogP contribution < -0.4 is 5.43 Å². The Balaban J connectivity index is 2.01. The maximum absolute atomic E-state index is 11.9. The molecule has 0 unspecified atom stereocenters. The third kappa shape index (κ3) is 3.96. The summed E-state index contributed by atoms with van der Waals surface area (Å²) in [6, 6.07) is 12.8. The Morgan fingerprint density at radius 2 is 1.86 bits per heavy atom. The number of hydrogen-bond acceptors (Lipinski definition) is 4. The fraction of sp³-hybridized carbons (Fsp3) is 0. The second-order valence-corrected chi connectivity index (χ2v) is 4.88. The van der Waals surface area contributed by atoms with Crippen molar-refractivity contribution in [2.45, 2.75) is 0 Å². The molecule has 0 radical (unpaired) electrons. The minimum Gasteiger partial charge on any atom is -0.267 e. The molecule has 0 atom stereocenters. The molecule has 0 saturated carbocycles. The summed E-state index contributed by atoms with van der Waals surface area (Å²) in [6.45, 7) is 0. The van der Waals surface area contributed by atoms with Gasteiger partial charge >= 0.3 is 0 Å². The van der Waals surface area contributed by atoms with Crippen LogP contribution in [0.25, 0.3) is 0 Å². The normalized spacial score (nSPS) is 10.5. The van der Waals surface area contributed by atoms with Crippen LogP contribution in [0.1, 0.15) is 15.9 Å². The van der Waals surface area contributed by atoms with E-state index in [0.717, 1.165) is 0 Å². The maximum Gasteiger partial charge on any atom is 0.272 e. The van der Waals surface area contributed by atoms with Crippen molar-refractivity contribution in [3.8, 4) is 0 Å². The summed E-state index contributed by atoms with van der Waals surface area (Å²) in [5.74, 6) is -0.347. The molecule has 0 bridgehead atoms. The van der Waals surface area contributed by atoms with Crippen LogP contribution in [0.3, 0.4) is 0 Å². The summed E-state index contributed by atoms with van der Waals surface area (Å²) >= 11 is 3.28. The standard InChI is InChI=1S/C14H10BrN3O3/c15-13-4-2-1-3-12(13)14(19)17-16-9-10-5-7-11(8-6-10)18(20)21/h1-9H,(H,17,19)/b16-9+. The first-order valence-electron chi connectivity index (χ1n) is 5.90. The predicted molar refractivity (Wildman–Crippen MR) is 82.3 cm³/mol. The number of rotatable bonds is 4. The number of benzene rings is 2. The van der Waals surface area contributed by atoms with Gasteiger partial charge in [0.2, 0.25) is 0 Å². The second-order valence-electron chi connectivity index (χ2n) is 4.03. The number of carbonyl (C=O) groups excluding carboxylic acids is 1. The van der Waals surface area contributed by atoms with Crippen LogP contribution in [-0.4, -0.2) is 17.0 Å². The average molecular weight is 348 g/mol. The fourth-order valence-corrected chi connectivity index (χ4v) is 2.02. The fourth-order valence-electron chi connectivity index (χ4n) is 1.55. The summed E-state index contributed by atoms with van der Waals surface area (Å²) in [4.78, 5) is 21.9. The number of amides is 1. The van der Waals surface area contributed by atoms with E-state index in [-0.39, 0.29) is 11.6 Å². The molecule has 0 aliphatic rings. The van der Waals surface area contributed by atoms with Gasteiger partial charge in [0.15, 0.2) is 0 Å². The van der Waals surface area contributed by atoms with E-state index in [4.69, 9.17) is 0 Å². The van der Waals surface area contributed by atoms with Crippen molar-refractivity contribution >= 4 is 33.7 Å². The lowest BCUT2D eigenvalue weighted by molar-refractivity contribution is -0.384. The number of nitro benzene ring substituents is 1. The summed E-state index contributed by atoms with van der Waals surface area (Å²) in [5.41, 5.74) is 3.51. The SMILES string of the molecule is O=C(N/N=C/c1ccc([N+](=O)[O-])cc1)c1ccccc1Br. The Morgan fingerprint density at radius 1 is 1.19 bits per heavy atom. The van der Waals surface area contributed by atoms with Crippen LogP contribution >= 0.6 is 15.9 Å². The van der Waals surface area contributed by atoms with E-state index in [1.165, 1.54) is 18.3 Å². The monoisotopic (exact) mass is 347 g/mol. The van der Waals surface area contributed by atoms with E-state index >= 15 is 0 Å². The van der Waals surface area contributed by atoms with Gasteiger partial charge in [-0.3, -0.25) is 14.9 Å². The van der Waals surface area contributed by atoms with Crippen molar-refractivity contribution in [2.24, 2.45) is 5.10 Å². The zero-order valence-corrected chi connectivity index (χ0v) is 12.3. The molecule has 1 amide bonds. The Labute approximate surface area is 128 Å². The van der Waals surface area contributed by atoms with Gasteiger partial charge in [0.05, 0.1) is 16.7 Å². The molecule has 0 spiro atoms. The Morgan fingerprint density at radius 3 is 2.48 bits per heavy atom. The van der Waals surface area contributed by atoms with E-state index in [9.17, 15) is 14.9 Å². The van der Waals surface area contributed by atoms with E-state index in [2.05, 4.69) is 26.5 Å². The molecule has 7 heteroatoms. The number of nitrogens with one attached hydrogen (secondary N) is 1. The minimum atomic E-state index is -0.477. The molecule has 1 N–H and O–H groups in total. The van der Waals surface area contributed by atoms with E-state index in [1.54, 1.807) is 36.4 Å². The highest BCUT2D eigenvalue weighted by Gasteiger charge is 2.07. The topological polar surface area (TPSA) is 84.6 Å². The molecule has 0 saturated heterocycles. The zero-order chi connectivity index (χ0) is 15.2. The lowest BCUT2D eigenvalue weighted by Crippen LogP contribution is -2.18. The molecule has 2 rings (SSSR count). The first kappa shape index (κ1) is 14.9. The van der Waals surface area contributed by atoms with Gasteiger partial charge in [0.1, 0.15) is 0 Å². The highest BCUT2D eigenvalue weighted by atomic mass is 79.9. The van der Waals surface area contributed by atoms with E-state index < -0.39 is 4.92 Å². The molecular weight excluding hydrogens is 338 g/mol. The average Bonchev–Trinajstić information content (AvgIpc) is 2.48. The zero-order valence-electron chi connectivity index (χ0n) is 10.7. The smallest absolute Gasteiger partial charge is 0.267 e. The third-order valence-corrected chi connectivity index (χ3v) is 3.29. The number of hydrazone groups is 1. The van der Waals surface area contributed by atoms with Gasteiger partial charge in [-0.2, -0.15) is 5.10 Å². The van der Waals surface area contributed by atoms with E-state index in [0.29, 0.717) is 15.6 Å². The molecule has 2 aromatic carbocycles. The van der Waals surface area contributed by atoms with E-state index in [1.807, 2.05) is 0 Å². The van der Waals surface area contributed by atoms with Gasteiger partial charge < -0.3 is 0 Å². The molecule has 0 heterocycles. The van der Waals surface area contributed by atoms with Crippen molar-refractivity contribution < 1.29 is 9.72 Å². The Kier molecular flexibility index (Phi) is 4.78. The van der Waals surface area contributed by atoms with Crippen molar-refractivity contribution in [3.05, 3.63) is 74.2 Å². The minimum absolute atomic E-state index is 0.00408. The number of non-ortho nitro benzene ring substituents is 1. The molecule has 106 valence electrons. The summed E-state index contributed by atoms with van der Waals surface area (Å²) in [6.07, 6.45) is 1.42. The second kappa shape index (κ2) is 6.76. The van der Waals surface area contributed by atoms with Crippen molar-refractivity contribution in [1.29, 1.82) is 0 Å². The van der Waals surface area contributed by atoms with Gasteiger partial charge in [0.25, 0.3) is 11.6 Å². The molecule has 6 nitrogen and oxygen atoms in total. The summed E-state index contributed by atoms with van der Waals surface area (Å²) in [5, 5.41) is 14.3. The first-order chi connectivity index (χ1) is 10.1. The van der Waals surface area contributed by atoms with Crippen molar-refractivity contribution in [1.82, 2.24) is 5.43 Å². The molecule has 21 heavy (non-hydrogen) atoms. The third-order valence-electron chi connectivity index (χ3n) is 2.60. The van der Waals surface area contributed by atoms with Crippen LogP contribution in [0.4, 0.5) is 5.69 Å². The first-order valence-corrected chi connectivity index (χ1v) is 6.69. The lowest BCUT2D eigenvalue weighted by atomic mass is 10.2. The number of nitrogens with zero attached hydrogens (tertiary/aromatic N) is 2. The quantitative estimate of drug-likeness (QED) is 0.523. The van der Waals surface area contributed by atoms with Crippen LogP contribution in [0.15, 0.2) is 58.1 Å². The van der Waals surface area contributed by atoms with Gasteiger partial charge in [-0.1, -0.05) is 12.1 Å². The Bertz CT molecular complexity index is 699. The predicted octanol–water partition coefficient (Wildman–Crippen LogP) is 3.12. The van der Waals surface area contributed by atoms with Gasteiger partial charge in [-0.05, 0) is 45.8 Å². The van der Waals surface area contributed by atoms with Crippen molar-refractivity contribution in [3.63, 3.8) is 0 Å². The highest BCUT2D eigenvalue weighted by molar-refractivity contribution is 9.10. The lowest BCUT2D eigenvalue weighted by Gasteiger charge is -2.01. The summed E-state index contributed by atoms with van der Waals surface area (Å²) < 4.78 is 0.674. The van der Waals surface area contributed by atoms with Crippen LogP contribution in [0.5, 0.6) is 0 Å². The molecule has 2 aromatic rings. The number of nitro groups is 1. The molecule has 0 aliphatic carbocycles. The number of halogens is 1. The maximum atomic E-state index is 11.9. The Hall–Kier alpha value is -2.54. The molecule has 0 aliphatic heterocycles. The van der Waals surface area contributed by atoms with Crippen LogP contribution in [0.2, 0.25) is 0 Å². The van der Waals surface area contributed by atoms with Crippen molar-refractivity contribution in [2.75, 3.05) is 0 Å². The van der Waals surface area contributed by atoms with Crippen LogP contribution in [0, 0.1) is 10.1 Å². The molecular formula is C14H10BrN3O3. The number of carbonyl (C=O) groups is 1. The molecule has 0 fully saturated rings.